The van der Waals surface area contributed by atoms with Gasteiger partial charge in [-0.15, -0.1) is 0 Å². The molecule has 9 heteroatoms. The molecule has 1 saturated heterocycles. The molecular formula is C22H23N3O6. The summed E-state index contributed by atoms with van der Waals surface area (Å²) in [5.41, 5.74) is 1.77. The minimum atomic E-state index is -0.919. The number of rotatable bonds is 8. The highest BCUT2D eigenvalue weighted by Gasteiger charge is 2.38. The summed E-state index contributed by atoms with van der Waals surface area (Å²) in [6.07, 6.45) is 0.303. The topological polar surface area (TPSA) is 114 Å². The lowest BCUT2D eigenvalue weighted by Crippen LogP contribution is -2.34. The van der Waals surface area contributed by atoms with E-state index in [2.05, 4.69) is 15.4 Å². The van der Waals surface area contributed by atoms with Crippen LogP contribution in [0.5, 0.6) is 5.75 Å². The number of imide groups is 1. The molecule has 2 N–H and O–H groups in total. The average molecular weight is 425 g/mol. The number of anilines is 1. The number of nitrogens with zero attached hydrogens (tertiary/aromatic N) is 1. The molecule has 0 aliphatic carbocycles. The number of benzene rings is 2. The molecule has 0 saturated carbocycles. The summed E-state index contributed by atoms with van der Waals surface area (Å²) >= 11 is 0. The van der Waals surface area contributed by atoms with E-state index in [1.54, 1.807) is 19.2 Å². The van der Waals surface area contributed by atoms with Crippen molar-refractivity contribution >= 4 is 29.5 Å². The van der Waals surface area contributed by atoms with E-state index in [1.165, 1.54) is 19.2 Å². The fourth-order valence-corrected chi connectivity index (χ4v) is 3.16. The minimum absolute atomic E-state index is 0.192. The van der Waals surface area contributed by atoms with Gasteiger partial charge in [-0.3, -0.25) is 14.5 Å². The van der Waals surface area contributed by atoms with Crippen molar-refractivity contribution in [3.63, 3.8) is 0 Å². The Balaban J connectivity index is 1.52. The number of esters is 1. The predicted molar refractivity (Wildman–Crippen MR) is 112 cm³/mol. The first-order valence-electron chi connectivity index (χ1n) is 9.64. The molecule has 0 spiro atoms. The maximum absolute atomic E-state index is 12.6. The van der Waals surface area contributed by atoms with Gasteiger partial charge in [0.05, 0.1) is 26.2 Å². The number of ether oxygens (including phenoxy) is 2. The normalized spacial score (nSPS) is 15.4. The molecule has 0 radical (unpaired) electrons. The summed E-state index contributed by atoms with van der Waals surface area (Å²) in [5, 5.41) is 5.20. The standard InChI is InChI=1S/C22H23N3O6/c1-30-17-9-3-14(4-10-17)11-12-25-20(27)18(24-22(25)29)13-19(26)23-16-7-5-15(6-8-16)21(28)31-2/h3-10,18H,11-13H2,1-2H3,(H,23,26)(H,24,29)/t18-/m0/s1. The Labute approximate surface area is 179 Å². The molecule has 1 aliphatic heterocycles. The van der Waals surface area contributed by atoms with E-state index in [4.69, 9.17) is 4.74 Å². The number of nitrogens with one attached hydrogen (secondary N) is 2. The Morgan fingerprint density at radius 2 is 1.71 bits per heavy atom. The third kappa shape index (κ3) is 5.39. The number of carbonyl (C=O) groups excluding carboxylic acids is 4. The molecule has 0 bridgehead atoms. The Morgan fingerprint density at radius 3 is 2.32 bits per heavy atom. The maximum atomic E-state index is 12.6. The van der Waals surface area contributed by atoms with Crippen molar-refractivity contribution in [3.8, 4) is 5.75 Å². The lowest BCUT2D eigenvalue weighted by molar-refractivity contribution is -0.129. The van der Waals surface area contributed by atoms with Crippen LogP contribution in [0.4, 0.5) is 10.5 Å². The van der Waals surface area contributed by atoms with Crippen molar-refractivity contribution in [3.05, 3.63) is 59.7 Å². The second-order valence-corrected chi connectivity index (χ2v) is 6.91. The molecule has 0 aromatic heterocycles. The zero-order chi connectivity index (χ0) is 22.4. The molecule has 0 unspecified atom stereocenters. The number of amides is 4. The molecule has 162 valence electrons. The van der Waals surface area contributed by atoms with E-state index in [0.717, 1.165) is 16.2 Å². The van der Waals surface area contributed by atoms with E-state index < -0.39 is 29.9 Å². The van der Waals surface area contributed by atoms with Crippen LogP contribution in [-0.2, 0) is 20.7 Å². The van der Waals surface area contributed by atoms with Gasteiger partial charge < -0.3 is 20.1 Å². The second-order valence-electron chi connectivity index (χ2n) is 6.91. The summed E-state index contributed by atoms with van der Waals surface area (Å²) in [6, 6.07) is 12.1. The SMILES string of the molecule is COC(=O)c1ccc(NC(=O)C[C@@H]2NC(=O)N(CCc3ccc(OC)cc3)C2=O)cc1. The Kier molecular flexibility index (Phi) is 6.86. The monoisotopic (exact) mass is 425 g/mol. The largest absolute Gasteiger partial charge is 0.497 e. The summed E-state index contributed by atoms with van der Waals surface area (Å²) < 4.78 is 9.73. The van der Waals surface area contributed by atoms with Crippen molar-refractivity contribution in [1.82, 2.24) is 10.2 Å². The summed E-state index contributed by atoms with van der Waals surface area (Å²) in [6.45, 7) is 0.212. The Hall–Kier alpha value is -3.88. The van der Waals surface area contributed by atoms with Gasteiger partial charge in [-0.2, -0.15) is 0 Å². The van der Waals surface area contributed by atoms with Crippen LogP contribution in [0.15, 0.2) is 48.5 Å². The highest BCUT2D eigenvalue weighted by Crippen LogP contribution is 2.16. The lowest BCUT2D eigenvalue weighted by Gasteiger charge is -2.13. The van der Waals surface area contributed by atoms with E-state index in [9.17, 15) is 19.2 Å². The van der Waals surface area contributed by atoms with Crippen LogP contribution in [-0.4, -0.2) is 55.5 Å². The molecule has 2 aromatic rings. The van der Waals surface area contributed by atoms with Crippen molar-refractivity contribution in [1.29, 1.82) is 0 Å². The third-order valence-electron chi connectivity index (χ3n) is 4.87. The van der Waals surface area contributed by atoms with Crippen LogP contribution in [0, 0.1) is 0 Å². The lowest BCUT2D eigenvalue weighted by atomic mass is 10.1. The molecule has 1 atom stereocenters. The first-order valence-corrected chi connectivity index (χ1v) is 9.64. The van der Waals surface area contributed by atoms with Gasteiger partial charge in [0.25, 0.3) is 5.91 Å². The molecule has 4 amide bonds. The fraction of sp³-hybridized carbons (Fsp3) is 0.273. The van der Waals surface area contributed by atoms with Crippen molar-refractivity contribution in [2.24, 2.45) is 0 Å². The van der Waals surface area contributed by atoms with Gasteiger partial charge in [-0.25, -0.2) is 9.59 Å². The van der Waals surface area contributed by atoms with Crippen LogP contribution >= 0.6 is 0 Å². The predicted octanol–water partition coefficient (Wildman–Crippen LogP) is 1.97. The van der Waals surface area contributed by atoms with Gasteiger partial charge in [0.2, 0.25) is 5.91 Å². The highest BCUT2D eigenvalue weighted by molar-refractivity contribution is 6.07. The molecule has 31 heavy (non-hydrogen) atoms. The van der Waals surface area contributed by atoms with E-state index in [1.807, 2.05) is 24.3 Å². The minimum Gasteiger partial charge on any atom is -0.497 e. The van der Waals surface area contributed by atoms with E-state index in [-0.39, 0.29) is 13.0 Å². The summed E-state index contributed by atoms with van der Waals surface area (Å²) in [7, 11) is 2.86. The van der Waals surface area contributed by atoms with Gasteiger partial charge in [-0.1, -0.05) is 12.1 Å². The first-order chi connectivity index (χ1) is 14.9. The quantitative estimate of drug-likeness (QED) is 0.494. The number of hydrogen-bond acceptors (Lipinski definition) is 6. The second kappa shape index (κ2) is 9.75. The number of urea groups is 1. The highest BCUT2D eigenvalue weighted by atomic mass is 16.5. The van der Waals surface area contributed by atoms with Crippen molar-refractivity contribution in [2.75, 3.05) is 26.1 Å². The van der Waals surface area contributed by atoms with Crippen molar-refractivity contribution in [2.45, 2.75) is 18.9 Å². The maximum Gasteiger partial charge on any atom is 0.337 e. The molecule has 1 aliphatic rings. The smallest absolute Gasteiger partial charge is 0.337 e. The molecular weight excluding hydrogens is 402 g/mol. The average Bonchev–Trinajstić information content (AvgIpc) is 3.04. The zero-order valence-corrected chi connectivity index (χ0v) is 17.2. The Bertz CT molecular complexity index is 972. The molecule has 3 rings (SSSR count). The van der Waals surface area contributed by atoms with Crippen LogP contribution in [0.1, 0.15) is 22.3 Å². The van der Waals surface area contributed by atoms with Crippen LogP contribution in [0.25, 0.3) is 0 Å². The van der Waals surface area contributed by atoms with Gasteiger partial charge in [0, 0.05) is 12.2 Å². The van der Waals surface area contributed by atoms with Crippen LogP contribution < -0.4 is 15.4 Å². The number of carbonyl (C=O) groups is 4. The van der Waals surface area contributed by atoms with Gasteiger partial charge in [0.1, 0.15) is 11.8 Å². The Morgan fingerprint density at radius 1 is 1.03 bits per heavy atom. The molecule has 1 fully saturated rings. The number of hydrogen-bond donors (Lipinski definition) is 2. The zero-order valence-electron chi connectivity index (χ0n) is 17.2. The van der Waals surface area contributed by atoms with Crippen LogP contribution in [0.2, 0.25) is 0 Å². The van der Waals surface area contributed by atoms with Crippen LogP contribution in [0.3, 0.4) is 0 Å². The van der Waals surface area contributed by atoms with Gasteiger partial charge >= 0.3 is 12.0 Å². The van der Waals surface area contributed by atoms with E-state index in [0.29, 0.717) is 17.7 Å². The van der Waals surface area contributed by atoms with Gasteiger partial charge in [0.15, 0.2) is 0 Å². The van der Waals surface area contributed by atoms with Crippen molar-refractivity contribution < 1.29 is 28.7 Å². The van der Waals surface area contributed by atoms with E-state index >= 15 is 0 Å². The number of methoxy groups -OCH3 is 2. The summed E-state index contributed by atoms with van der Waals surface area (Å²) in [4.78, 5) is 49.6. The molecule has 2 aromatic carbocycles. The first kappa shape index (κ1) is 21.8. The fourth-order valence-electron chi connectivity index (χ4n) is 3.16. The molecule has 9 nitrogen and oxygen atoms in total. The van der Waals surface area contributed by atoms with Gasteiger partial charge in [-0.05, 0) is 48.4 Å². The molecule has 1 heterocycles. The third-order valence-corrected chi connectivity index (χ3v) is 4.87. The summed E-state index contributed by atoms with van der Waals surface area (Å²) in [5.74, 6) is -0.618.